The Hall–Kier alpha value is -1.62. The number of halogens is 1. The number of nitrogens with one attached hydrogen (secondary N) is 2. The molecular formula is C14H21FN4. The molecule has 1 heterocycles. The largest absolute Gasteiger partial charge is 0.356 e. The molecule has 0 unspecified atom stereocenters. The summed E-state index contributed by atoms with van der Waals surface area (Å²) in [7, 11) is 3.86. The minimum atomic E-state index is -0.147. The Kier molecular flexibility index (Phi) is 4.74. The van der Waals surface area contributed by atoms with Crippen LogP contribution in [-0.2, 0) is 13.1 Å². The number of guanidine groups is 1. The Morgan fingerprint density at radius 2 is 2.26 bits per heavy atom. The van der Waals surface area contributed by atoms with Gasteiger partial charge in [-0.1, -0.05) is 12.1 Å². The molecule has 0 saturated heterocycles. The van der Waals surface area contributed by atoms with Gasteiger partial charge in [0.05, 0.1) is 0 Å². The summed E-state index contributed by atoms with van der Waals surface area (Å²) in [6.07, 6.45) is 1.07. The number of hydrogen-bond donors (Lipinski definition) is 2. The van der Waals surface area contributed by atoms with Gasteiger partial charge in [-0.05, 0) is 32.1 Å². The first kappa shape index (κ1) is 13.8. The van der Waals surface area contributed by atoms with Crippen molar-refractivity contribution in [2.45, 2.75) is 19.5 Å². The number of hydrogen-bond acceptors (Lipinski definition) is 4. The number of aliphatic imine (C=N–C) groups is 1. The van der Waals surface area contributed by atoms with Gasteiger partial charge in [0.2, 0.25) is 0 Å². The van der Waals surface area contributed by atoms with Gasteiger partial charge in [-0.3, -0.25) is 4.99 Å². The zero-order valence-electron chi connectivity index (χ0n) is 11.5. The molecule has 1 aromatic rings. The van der Waals surface area contributed by atoms with Crippen LogP contribution < -0.4 is 10.6 Å². The second kappa shape index (κ2) is 6.52. The van der Waals surface area contributed by atoms with Crippen molar-refractivity contribution in [1.29, 1.82) is 0 Å². The second-order valence-electron chi connectivity index (χ2n) is 5.03. The van der Waals surface area contributed by atoms with Crippen molar-refractivity contribution < 1.29 is 4.39 Å². The molecule has 1 aromatic carbocycles. The zero-order chi connectivity index (χ0) is 13.7. The van der Waals surface area contributed by atoms with E-state index in [0.717, 1.165) is 36.6 Å². The Morgan fingerprint density at radius 3 is 2.89 bits per heavy atom. The molecule has 2 rings (SSSR count). The molecule has 0 fully saturated rings. The van der Waals surface area contributed by atoms with Crippen LogP contribution in [0.4, 0.5) is 4.39 Å². The van der Waals surface area contributed by atoms with Crippen LogP contribution in [0.3, 0.4) is 0 Å². The highest BCUT2D eigenvalue weighted by Crippen LogP contribution is 2.12. The molecule has 104 valence electrons. The van der Waals surface area contributed by atoms with E-state index in [1.807, 2.05) is 31.1 Å². The fourth-order valence-corrected chi connectivity index (χ4v) is 2.01. The molecule has 0 atom stereocenters. The minimum Gasteiger partial charge on any atom is -0.356 e. The second-order valence-corrected chi connectivity index (χ2v) is 5.03. The summed E-state index contributed by atoms with van der Waals surface area (Å²) in [6.45, 7) is 3.01. The van der Waals surface area contributed by atoms with Gasteiger partial charge in [-0.2, -0.15) is 0 Å². The van der Waals surface area contributed by atoms with Crippen molar-refractivity contribution >= 4 is 5.96 Å². The van der Waals surface area contributed by atoms with E-state index in [1.165, 1.54) is 0 Å². The summed E-state index contributed by atoms with van der Waals surface area (Å²) in [6, 6.07) is 5.40. The smallest absolute Gasteiger partial charge is 0.191 e. The van der Waals surface area contributed by atoms with Gasteiger partial charge >= 0.3 is 0 Å². The molecule has 19 heavy (non-hydrogen) atoms. The average Bonchev–Trinajstić information content (AvgIpc) is 2.40. The first-order valence-electron chi connectivity index (χ1n) is 6.59. The molecule has 5 heteroatoms. The van der Waals surface area contributed by atoms with Crippen LogP contribution in [0, 0.1) is 5.82 Å². The lowest BCUT2D eigenvalue weighted by atomic mass is 10.1. The lowest BCUT2D eigenvalue weighted by Crippen LogP contribution is -2.40. The van der Waals surface area contributed by atoms with Gasteiger partial charge in [-0.25, -0.2) is 4.39 Å². The fourth-order valence-electron chi connectivity index (χ4n) is 2.01. The minimum absolute atomic E-state index is 0.147. The zero-order valence-corrected chi connectivity index (χ0v) is 11.5. The van der Waals surface area contributed by atoms with Crippen molar-refractivity contribution in [3.63, 3.8) is 0 Å². The van der Waals surface area contributed by atoms with Crippen molar-refractivity contribution in [3.8, 4) is 0 Å². The van der Waals surface area contributed by atoms with Crippen molar-refractivity contribution in [3.05, 3.63) is 35.1 Å². The van der Waals surface area contributed by atoms with E-state index in [0.29, 0.717) is 13.1 Å². The van der Waals surface area contributed by atoms with Gasteiger partial charge in [0.15, 0.2) is 5.96 Å². The molecule has 0 spiro atoms. The van der Waals surface area contributed by atoms with Crippen molar-refractivity contribution in [2.75, 3.05) is 27.2 Å². The maximum absolute atomic E-state index is 13.9. The Labute approximate surface area is 113 Å². The predicted molar refractivity (Wildman–Crippen MR) is 75.6 cm³/mol. The number of rotatable bonds is 4. The summed E-state index contributed by atoms with van der Waals surface area (Å²) in [5, 5.41) is 6.37. The topological polar surface area (TPSA) is 39.7 Å². The quantitative estimate of drug-likeness (QED) is 0.862. The molecule has 0 aliphatic carbocycles. The van der Waals surface area contributed by atoms with Gasteiger partial charge in [0.25, 0.3) is 0 Å². The number of benzene rings is 1. The van der Waals surface area contributed by atoms with E-state index in [4.69, 9.17) is 0 Å². The van der Waals surface area contributed by atoms with Gasteiger partial charge in [-0.15, -0.1) is 0 Å². The van der Waals surface area contributed by atoms with Crippen LogP contribution in [0.15, 0.2) is 23.2 Å². The first-order chi connectivity index (χ1) is 9.15. The Morgan fingerprint density at radius 1 is 1.42 bits per heavy atom. The molecular weight excluding hydrogens is 243 g/mol. The molecule has 1 aliphatic rings. The molecule has 0 aromatic heterocycles. The predicted octanol–water partition coefficient (Wildman–Crippen LogP) is 1.33. The van der Waals surface area contributed by atoms with Crippen molar-refractivity contribution in [2.24, 2.45) is 4.99 Å². The average molecular weight is 264 g/mol. The lowest BCUT2D eigenvalue weighted by molar-refractivity contribution is 0.392. The van der Waals surface area contributed by atoms with Crippen molar-refractivity contribution in [1.82, 2.24) is 15.5 Å². The molecule has 4 nitrogen and oxygen atoms in total. The molecule has 1 aliphatic heterocycles. The van der Waals surface area contributed by atoms with Crippen LogP contribution in [0.5, 0.6) is 0 Å². The van der Waals surface area contributed by atoms with Crippen LogP contribution in [0.2, 0.25) is 0 Å². The van der Waals surface area contributed by atoms with E-state index >= 15 is 0 Å². The SMILES string of the molecule is CN(C)Cc1ccc(CNC2=NCCCN2)cc1F. The van der Waals surface area contributed by atoms with Crippen LogP contribution in [0.1, 0.15) is 17.5 Å². The van der Waals surface area contributed by atoms with E-state index < -0.39 is 0 Å². The van der Waals surface area contributed by atoms with Crippen LogP contribution in [0.25, 0.3) is 0 Å². The lowest BCUT2D eigenvalue weighted by Gasteiger charge is -2.16. The molecule has 0 amide bonds. The summed E-state index contributed by atoms with van der Waals surface area (Å²) in [5.74, 6) is 0.663. The van der Waals surface area contributed by atoms with E-state index in [9.17, 15) is 4.39 Å². The molecule has 2 N–H and O–H groups in total. The molecule has 0 bridgehead atoms. The molecule has 0 saturated carbocycles. The summed E-state index contributed by atoms with van der Waals surface area (Å²) in [4.78, 5) is 6.27. The molecule has 0 radical (unpaired) electrons. The van der Waals surface area contributed by atoms with Gasteiger partial charge < -0.3 is 15.5 Å². The highest BCUT2D eigenvalue weighted by molar-refractivity contribution is 5.80. The summed E-state index contributed by atoms with van der Waals surface area (Å²) >= 11 is 0. The van der Waals surface area contributed by atoms with E-state index in [1.54, 1.807) is 6.07 Å². The van der Waals surface area contributed by atoms with Gasteiger partial charge in [0, 0.05) is 31.7 Å². The monoisotopic (exact) mass is 264 g/mol. The van der Waals surface area contributed by atoms with E-state index in [-0.39, 0.29) is 5.82 Å². The fraction of sp³-hybridized carbons (Fsp3) is 0.500. The third-order valence-corrected chi connectivity index (χ3v) is 2.96. The standard InChI is InChI=1S/C14H21FN4/c1-19(2)10-12-5-4-11(8-13(12)15)9-18-14-16-6-3-7-17-14/h4-5,8H,3,6-7,9-10H2,1-2H3,(H2,16,17,18). The highest BCUT2D eigenvalue weighted by Gasteiger charge is 2.06. The highest BCUT2D eigenvalue weighted by atomic mass is 19.1. The van der Waals surface area contributed by atoms with E-state index in [2.05, 4.69) is 15.6 Å². The third kappa shape index (κ3) is 4.21. The summed E-state index contributed by atoms with van der Waals surface area (Å²) < 4.78 is 13.9. The third-order valence-electron chi connectivity index (χ3n) is 2.96. The number of nitrogens with zero attached hydrogens (tertiary/aromatic N) is 2. The first-order valence-corrected chi connectivity index (χ1v) is 6.59. The maximum Gasteiger partial charge on any atom is 0.191 e. The normalized spacial score (nSPS) is 15.1. The van der Waals surface area contributed by atoms with Crippen LogP contribution >= 0.6 is 0 Å². The van der Waals surface area contributed by atoms with Crippen LogP contribution in [-0.4, -0.2) is 38.0 Å². The maximum atomic E-state index is 13.9. The summed E-state index contributed by atoms with van der Waals surface area (Å²) in [5.41, 5.74) is 1.65. The Bertz CT molecular complexity index is 457. The Balaban J connectivity index is 1.94. The van der Waals surface area contributed by atoms with Gasteiger partial charge in [0.1, 0.15) is 5.82 Å².